The van der Waals surface area contributed by atoms with E-state index in [1.165, 1.54) is 104 Å². The number of rotatable bonds is 21. The van der Waals surface area contributed by atoms with Gasteiger partial charge in [-0.2, -0.15) is 0 Å². The van der Waals surface area contributed by atoms with Gasteiger partial charge in [0, 0.05) is 0 Å². The summed E-state index contributed by atoms with van der Waals surface area (Å²) in [5.41, 5.74) is 0. The molecule has 0 unspecified atom stereocenters. The van der Waals surface area contributed by atoms with Gasteiger partial charge < -0.3 is 0 Å². The van der Waals surface area contributed by atoms with Gasteiger partial charge in [0.25, 0.3) is 0 Å². The maximum atomic E-state index is 13.9. The van der Waals surface area contributed by atoms with E-state index < -0.39 is 37.3 Å². The molecule has 0 bridgehead atoms. The summed E-state index contributed by atoms with van der Waals surface area (Å²) in [7, 11) is 0. The Bertz CT molecular complexity index is 391. The summed E-state index contributed by atoms with van der Waals surface area (Å²) in [6, 6.07) is 0. The second-order valence-electron chi connectivity index (χ2n) is 9.95. The average molecular weight is 649 g/mol. The van der Waals surface area contributed by atoms with E-state index in [4.69, 9.17) is 0 Å². The SMILES string of the molecule is C=CC(=O)[N]([Sn]([CH2]CCC)([CH2]CCC)[CH2]CCC)[Sn]([CH2]CCC)([CH2]CCC)[CH2]CCC. The summed E-state index contributed by atoms with van der Waals surface area (Å²) in [5, 5.41) is 0. The van der Waals surface area contributed by atoms with Crippen molar-refractivity contribution in [2.24, 2.45) is 0 Å². The molecule has 31 heavy (non-hydrogen) atoms. The van der Waals surface area contributed by atoms with Gasteiger partial charge in [-0.15, -0.1) is 0 Å². The van der Waals surface area contributed by atoms with Crippen LogP contribution in [0.1, 0.15) is 119 Å². The maximum absolute atomic E-state index is 13.9. The Morgan fingerprint density at radius 1 is 0.581 bits per heavy atom. The van der Waals surface area contributed by atoms with Crippen LogP contribution in [0.5, 0.6) is 0 Å². The van der Waals surface area contributed by atoms with E-state index >= 15 is 0 Å². The predicted molar refractivity (Wildman–Crippen MR) is 147 cm³/mol. The van der Waals surface area contributed by atoms with Gasteiger partial charge >= 0.3 is 207 Å². The topological polar surface area (TPSA) is 20.3 Å². The number of carbonyl (C=O) groups excluding carboxylic acids is 1. The standard InChI is InChI=1S/6C4H9.C3H3NO.2Sn/c6*1-3-4-2;1-2-3(4)5;;/h6*1,3-4H2,2H3;2H,1H2;;. The molecular weight excluding hydrogens is 592 g/mol. The molecule has 0 spiro atoms. The third kappa shape index (κ3) is 10.7. The first-order valence-electron chi connectivity index (χ1n) is 13.9. The summed E-state index contributed by atoms with van der Waals surface area (Å²) in [6.45, 7) is 18.1. The third-order valence-corrected chi connectivity index (χ3v) is 54.1. The van der Waals surface area contributed by atoms with Gasteiger partial charge in [-0.25, -0.2) is 0 Å². The Labute approximate surface area is 205 Å². The zero-order valence-electron chi connectivity index (χ0n) is 22.4. The summed E-state index contributed by atoms with van der Waals surface area (Å²) < 4.78 is 11.4. The Morgan fingerprint density at radius 3 is 0.968 bits per heavy atom. The van der Waals surface area contributed by atoms with Gasteiger partial charge in [-0.3, -0.25) is 0 Å². The molecule has 0 heterocycles. The first-order valence-corrected chi connectivity index (χ1v) is 28.6. The number of nitrogens with zero attached hydrogens (tertiary/aromatic N) is 1. The molecule has 4 heteroatoms. The second-order valence-corrected chi connectivity index (χ2v) is 38.7. The van der Waals surface area contributed by atoms with E-state index in [0.29, 0.717) is 5.91 Å². The van der Waals surface area contributed by atoms with Crippen molar-refractivity contribution in [3.8, 4) is 0 Å². The summed E-state index contributed by atoms with van der Waals surface area (Å²) in [4.78, 5) is 13.9. The van der Waals surface area contributed by atoms with Crippen LogP contribution in [-0.4, -0.2) is 44.6 Å². The molecule has 0 fully saturated rings. The van der Waals surface area contributed by atoms with Crippen LogP contribution in [-0.2, 0) is 4.79 Å². The fraction of sp³-hybridized carbons (Fsp3) is 0.889. The molecule has 0 atom stereocenters. The molecule has 0 saturated heterocycles. The Morgan fingerprint density at radius 2 is 0.806 bits per heavy atom. The van der Waals surface area contributed by atoms with E-state index in [0.717, 1.165) is 0 Å². The Kier molecular flexibility index (Phi) is 19.6. The molecule has 184 valence electrons. The van der Waals surface area contributed by atoms with Gasteiger partial charge in [-0.05, 0) is 0 Å². The fourth-order valence-corrected chi connectivity index (χ4v) is 69.1. The van der Waals surface area contributed by atoms with E-state index in [1.54, 1.807) is 6.08 Å². The number of carbonyl (C=O) groups is 1. The first kappa shape index (κ1) is 31.8. The van der Waals surface area contributed by atoms with Crippen molar-refractivity contribution in [1.82, 2.24) is 1.34 Å². The Balaban J connectivity index is 6.70. The van der Waals surface area contributed by atoms with E-state index in [2.05, 4.69) is 49.5 Å². The molecule has 0 aromatic heterocycles. The predicted octanol–water partition coefficient (Wildman–Crippen LogP) is 9.69. The molecular formula is C27H57NOSn2. The molecule has 0 saturated carbocycles. The minimum atomic E-state index is -2.84. The minimum absolute atomic E-state index is 0.387. The van der Waals surface area contributed by atoms with Gasteiger partial charge in [-0.1, -0.05) is 0 Å². The monoisotopic (exact) mass is 651 g/mol. The molecule has 0 N–H and O–H groups in total. The van der Waals surface area contributed by atoms with Gasteiger partial charge in [0.15, 0.2) is 0 Å². The van der Waals surface area contributed by atoms with Crippen LogP contribution in [0.15, 0.2) is 12.7 Å². The number of unbranched alkanes of at least 4 members (excludes halogenated alkanes) is 6. The molecule has 0 aliphatic heterocycles. The molecule has 0 radical (unpaired) electrons. The number of amides is 1. The quantitative estimate of drug-likeness (QED) is 0.0896. The third-order valence-electron chi connectivity index (χ3n) is 7.32. The van der Waals surface area contributed by atoms with Crippen LogP contribution in [0.25, 0.3) is 0 Å². The van der Waals surface area contributed by atoms with Crippen molar-refractivity contribution >= 4 is 43.2 Å². The van der Waals surface area contributed by atoms with Crippen LogP contribution >= 0.6 is 0 Å². The fourth-order valence-electron chi connectivity index (χ4n) is 5.52. The summed E-state index contributed by atoms with van der Waals surface area (Å²) in [5.74, 6) is 0.387. The van der Waals surface area contributed by atoms with Crippen LogP contribution < -0.4 is 0 Å². The second kappa shape index (κ2) is 19.1. The van der Waals surface area contributed by atoms with Gasteiger partial charge in [0.1, 0.15) is 0 Å². The van der Waals surface area contributed by atoms with Crippen LogP contribution in [0.2, 0.25) is 26.6 Å². The number of hydrogen-bond donors (Lipinski definition) is 0. The van der Waals surface area contributed by atoms with Crippen LogP contribution in [0, 0.1) is 0 Å². The van der Waals surface area contributed by atoms with E-state index in [1.807, 2.05) is 0 Å². The van der Waals surface area contributed by atoms with Gasteiger partial charge in [0.2, 0.25) is 0 Å². The molecule has 0 rings (SSSR count). The molecule has 0 aromatic rings. The number of hydrogen-bond acceptors (Lipinski definition) is 1. The van der Waals surface area contributed by atoms with Crippen molar-refractivity contribution in [2.45, 2.75) is 145 Å². The molecule has 0 aromatic carbocycles. The Hall–Kier alpha value is 0.807. The van der Waals surface area contributed by atoms with Crippen LogP contribution in [0.3, 0.4) is 0 Å². The summed E-state index contributed by atoms with van der Waals surface area (Å²) in [6.07, 6.45) is 17.4. The van der Waals surface area contributed by atoms with Crippen molar-refractivity contribution in [3.63, 3.8) is 0 Å². The molecule has 2 nitrogen and oxygen atoms in total. The normalized spacial score (nSPS) is 12.2. The van der Waals surface area contributed by atoms with Crippen molar-refractivity contribution in [1.29, 1.82) is 0 Å². The van der Waals surface area contributed by atoms with E-state index in [9.17, 15) is 4.79 Å². The zero-order chi connectivity index (χ0) is 23.6. The average Bonchev–Trinajstić information content (AvgIpc) is 2.80. The van der Waals surface area contributed by atoms with Crippen LogP contribution in [0.4, 0.5) is 0 Å². The molecule has 0 aliphatic carbocycles. The van der Waals surface area contributed by atoms with Crippen molar-refractivity contribution in [2.75, 3.05) is 0 Å². The molecule has 1 amide bonds. The van der Waals surface area contributed by atoms with Crippen molar-refractivity contribution < 1.29 is 4.79 Å². The zero-order valence-corrected chi connectivity index (χ0v) is 28.1. The summed E-state index contributed by atoms with van der Waals surface area (Å²) >= 11 is -5.68. The van der Waals surface area contributed by atoms with Gasteiger partial charge in [0.05, 0.1) is 0 Å². The first-order chi connectivity index (χ1) is 15.0. The van der Waals surface area contributed by atoms with E-state index in [-0.39, 0.29) is 0 Å². The van der Waals surface area contributed by atoms with Crippen molar-refractivity contribution in [3.05, 3.63) is 12.7 Å². The molecule has 0 aliphatic rings.